The molecule has 0 bridgehead atoms. The third kappa shape index (κ3) is 4.35. The molecule has 0 heterocycles. The van der Waals surface area contributed by atoms with Crippen molar-refractivity contribution in [3.63, 3.8) is 0 Å². The number of nitrogens with one attached hydrogen (secondary N) is 2. The van der Waals surface area contributed by atoms with E-state index in [1.807, 2.05) is 32.0 Å². The predicted octanol–water partition coefficient (Wildman–Crippen LogP) is 4.31. The number of carbonyl (C=O) groups excluding carboxylic acids is 1. The Labute approximate surface area is 132 Å². The zero-order valence-corrected chi connectivity index (χ0v) is 13.6. The molecule has 0 spiro atoms. The van der Waals surface area contributed by atoms with Crippen LogP contribution in [-0.4, -0.2) is 12.5 Å². The van der Waals surface area contributed by atoms with Crippen LogP contribution in [0, 0.1) is 13.8 Å². The summed E-state index contributed by atoms with van der Waals surface area (Å²) in [6.07, 6.45) is 1.49. The molecule has 3 nitrogen and oxygen atoms in total. The highest BCUT2D eigenvalue weighted by molar-refractivity contribution is 5.91. The van der Waals surface area contributed by atoms with Gasteiger partial charge in [0.15, 0.2) is 0 Å². The standard InChI is InChI=1S/C19H24N2O/c1-4-16-8-10-17(11-9-16)20-13-12-19(22)21-18-7-5-6-14(2)15(18)3/h5-11,20H,4,12-13H2,1-3H3,(H,21,22). The molecule has 0 saturated heterocycles. The van der Waals surface area contributed by atoms with Crippen molar-refractivity contribution in [2.75, 3.05) is 17.2 Å². The zero-order valence-electron chi connectivity index (χ0n) is 13.6. The van der Waals surface area contributed by atoms with Crippen molar-refractivity contribution in [1.29, 1.82) is 0 Å². The summed E-state index contributed by atoms with van der Waals surface area (Å²) in [5, 5.41) is 6.25. The lowest BCUT2D eigenvalue weighted by Gasteiger charge is -2.11. The van der Waals surface area contributed by atoms with Crippen LogP contribution in [0.1, 0.15) is 30.0 Å². The Kier molecular flexibility index (Phi) is 5.59. The summed E-state index contributed by atoms with van der Waals surface area (Å²) in [6, 6.07) is 14.3. The lowest BCUT2D eigenvalue weighted by Crippen LogP contribution is -2.17. The molecule has 0 fully saturated rings. The van der Waals surface area contributed by atoms with Crippen LogP contribution in [0.3, 0.4) is 0 Å². The molecule has 2 aromatic carbocycles. The van der Waals surface area contributed by atoms with E-state index in [0.29, 0.717) is 13.0 Å². The van der Waals surface area contributed by atoms with Gasteiger partial charge in [0, 0.05) is 24.3 Å². The Morgan fingerprint density at radius 1 is 1.05 bits per heavy atom. The average molecular weight is 296 g/mol. The molecule has 22 heavy (non-hydrogen) atoms. The fourth-order valence-corrected chi connectivity index (χ4v) is 2.28. The summed E-state index contributed by atoms with van der Waals surface area (Å²) in [6.45, 7) is 6.84. The van der Waals surface area contributed by atoms with E-state index >= 15 is 0 Å². The zero-order chi connectivity index (χ0) is 15.9. The number of hydrogen-bond donors (Lipinski definition) is 2. The van der Waals surface area contributed by atoms with Gasteiger partial charge in [0.05, 0.1) is 0 Å². The van der Waals surface area contributed by atoms with Gasteiger partial charge in [-0.2, -0.15) is 0 Å². The second kappa shape index (κ2) is 7.64. The highest BCUT2D eigenvalue weighted by Gasteiger charge is 2.05. The van der Waals surface area contributed by atoms with Crippen LogP contribution in [-0.2, 0) is 11.2 Å². The SMILES string of the molecule is CCc1ccc(NCCC(=O)Nc2cccc(C)c2C)cc1. The third-order valence-corrected chi connectivity index (χ3v) is 3.92. The molecule has 0 radical (unpaired) electrons. The molecular weight excluding hydrogens is 272 g/mol. The lowest BCUT2D eigenvalue weighted by molar-refractivity contribution is -0.115. The van der Waals surface area contributed by atoms with Crippen molar-refractivity contribution in [1.82, 2.24) is 0 Å². The van der Waals surface area contributed by atoms with Gasteiger partial charge in [-0.3, -0.25) is 4.79 Å². The van der Waals surface area contributed by atoms with Gasteiger partial charge in [-0.1, -0.05) is 31.2 Å². The van der Waals surface area contributed by atoms with Crippen molar-refractivity contribution < 1.29 is 4.79 Å². The number of benzene rings is 2. The Morgan fingerprint density at radius 2 is 1.77 bits per heavy atom. The number of aryl methyl sites for hydroxylation is 2. The summed E-state index contributed by atoms with van der Waals surface area (Å²) in [4.78, 5) is 12.0. The highest BCUT2D eigenvalue weighted by atomic mass is 16.1. The topological polar surface area (TPSA) is 41.1 Å². The van der Waals surface area contributed by atoms with Gasteiger partial charge < -0.3 is 10.6 Å². The lowest BCUT2D eigenvalue weighted by atomic mass is 10.1. The minimum atomic E-state index is 0.0337. The second-order valence-electron chi connectivity index (χ2n) is 5.52. The van der Waals surface area contributed by atoms with Crippen molar-refractivity contribution in [3.05, 3.63) is 59.2 Å². The quantitative estimate of drug-likeness (QED) is 0.834. The fraction of sp³-hybridized carbons (Fsp3) is 0.316. The summed E-state index contributed by atoms with van der Waals surface area (Å²) >= 11 is 0. The first-order valence-corrected chi connectivity index (χ1v) is 7.79. The molecule has 2 rings (SSSR count). The van der Waals surface area contributed by atoms with Crippen molar-refractivity contribution in [3.8, 4) is 0 Å². The van der Waals surface area contributed by atoms with Crippen LogP contribution in [0.15, 0.2) is 42.5 Å². The van der Waals surface area contributed by atoms with Gasteiger partial charge >= 0.3 is 0 Å². The Balaban J connectivity index is 1.81. The fourth-order valence-electron chi connectivity index (χ4n) is 2.28. The molecule has 0 aliphatic rings. The van der Waals surface area contributed by atoms with Crippen LogP contribution >= 0.6 is 0 Å². The predicted molar refractivity (Wildman–Crippen MR) is 93.5 cm³/mol. The van der Waals surface area contributed by atoms with E-state index in [4.69, 9.17) is 0 Å². The average Bonchev–Trinajstić information content (AvgIpc) is 2.52. The van der Waals surface area contributed by atoms with Crippen LogP contribution in [0.2, 0.25) is 0 Å². The smallest absolute Gasteiger partial charge is 0.226 e. The minimum absolute atomic E-state index is 0.0337. The largest absolute Gasteiger partial charge is 0.385 e. The van der Waals surface area contributed by atoms with E-state index in [2.05, 4.69) is 41.8 Å². The van der Waals surface area contributed by atoms with Gasteiger partial charge in [0.1, 0.15) is 0 Å². The highest BCUT2D eigenvalue weighted by Crippen LogP contribution is 2.18. The van der Waals surface area contributed by atoms with E-state index in [9.17, 15) is 4.79 Å². The Bertz CT molecular complexity index is 632. The van der Waals surface area contributed by atoms with E-state index in [1.54, 1.807) is 0 Å². The van der Waals surface area contributed by atoms with Crippen molar-refractivity contribution in [2.45, 2.75) is 33.6 Å². The Hall–Kier alpha value is -2.29. The number of hydrogen-bond acceptors (Lipinski definition) is 2. The molecule has 0 unspecified atom stereocenters. The van der Waals surface area contributed by atoms with Gasteiger partial charge in [0.25, 0.3) is 0 Å². The summed E-state index contributed by atoms with van der Waals surface area (Å²) in [7, 11) is 0. The van der Waals surface area contributed by atoms with Gasteiger partial charge in [-0.05, 0) is 55.2 Å². The number of carbonyl (C=O) groups is 1. The van der Waals surface area contributed by atoms with Gasteiger partial charge in [0.2, 0.25) is 5.91 Å². The monoisotopic (exact) mass is 296 g/mol. The summed E-state index contributed by atoms with van der Waals surface area (Å²) in [5.41, 5.74) is 5.58. The molecule has 0 aliphatic carbocycles. The van der Waals surface area contributed by atoms with Crippen molar-refractivity contribution in [2.24, 2.45) is 0 Å². The summed E-state index contributed by atoms with van der Waals surface area (Å²) in [5.74, 6) is 0.0337. The van der Waals surface area contributed by atoms with Gasteiger partial charge in [-0.25, -0.2) is 0 Å². The van der Waals surface area contributed by atoms with Gasteiger partial charge in [-0.15, -0.1) is 0 Å². The van der Waals surface area contributed by atoms with E-state index in [-0.39, 0.29) is 5.91 Å². The molecule has 0 aliphatic heterocycles. The normalized spacial score (nSPS) is 10.3. The molecule has 2 aromatic rings. The maximum Gasteiger partial charge on any atom is 0.226 e. The third-order valence-electron chi connectivity index (χ3n) is 3.92. The molecule has 1 amide bonds. The van der Waals surface area contributed by atoms with Crippen LogP contribution in [0.25, 0.3) is 0 Å². The molecule has 0 saturated carbocycles. The molecule has 0 atom stereocenters. The number of amides is 1. The number of rotatable bonds is 6. The molecule has 2 N–H and O–H groups in total. The first-order valence-electron chi connectivity index (χ1n) is 7.79. The van der Waals surface area contributed by atoms with Crippen molar-refractivity contribution >= 4 is 17.3 Å². The van der Waals surface area contributed by atoms with Crippen LogP contribution in [0.5, 0.6) is 0 Å². The molecular formula is C19H24N2O. The number of anilines is 2. The first kappa shape index (κ1) is 16.1. The minimum Gasteiger partial charge on any atom is -0.385 e. The Morgan fingerprint density at radius 3 is 2.45 bits per heavy atom. The molecule has 3 heteroatoms. The molecule has 0 aromatic heterocycles. The van der Waals surface area contributed by atoms with Crippen LogP contribution < -0.4 is 10.6 Å². The van der Waals surface area contributed by atoms with E-state index in [1.165, 1.54) is 11.1 Å². The first-order chi connectivity index (χ1) is 10.6. The summed E-state index contributed by atoms with van der Waals surface area (Å²) < 4.78 is 0. The van der Waals surface area contributed by atoms with E-state index < -0.39 is 0 Å². The van der Waals surface area contributed by atoms with Crippen LogP contribution in [0.4, 0.5) is 11.4 Å². The molecule has 116 valence electrons. The second-order valence-corrected chi connectivity index (χ2v) is 5.52. The van der Waals surface area contributed by atoms with E-state index in [0.717, 1.165) is 23.4 Å². The maximum absolute atomic E-state index is 12.0. The maximum atomic E-state index is 12.0.